The molecule has 4 aromatic carbocycles. The molecule has 0 aliphatic heterocycles. The quantitative estimate of drug-likeness (QED) is 0.0770. The Morgan fingerprint density at radius 3 is 0.603 bits per heavy atom. The van der Waals surface area contributed by atoms with Crippen molar-refractivity contribution in [3.8, 4) is 0 Å². The topological polar surface area (TPSA) is 171 Å². The molecule has 0 aromatic heterocycles. The van der Waals surface area contributed by atoms with E-state index < -0.39 is 57.8 Å². The molecule has 300 valence electrons. The lowest BCUT2D eigenvalue weighted by atomic mass is 9.84. The van der Waals surface area contributed by atoms with Crippen LogP contribution in [0.1, 0.15) is 173 Å². The van der Waals surface area contributed by atoms with Crippen LogP contribution in [0, 0.1) is 0 Å². The maximum Gasteiger partial charge on any atom is 0.161 e. The lowest BCUT2D eigenvalue weighted by molar-refractivity contribution is 0.0947. The summed E-state index contributed by atoms with van der Waals surface area (Å²) >= 11 is 0. The first kappa shape index (κ1) is 47.4. The van der Waals surface area contributed by atoms with Gasteiger partial charge >= 0.3 is 0 Å². The highest BCUT2D eigenvalue weighted by atomic mass is 33.1. The third-order valence-corrected chi connectivity index (χ3v) is 13.3. The second kappa shape index (κ2) is 20.6. The summed E-state index contributed by atoms with van der Waals surface area (Å²) in [5.74, 6) is -7.30. The van der Waals surface area contributed by atoms with Crippen molar-refractivity contribution in [1.29, 1.82) is 0 Å². The van der Waals surface area contributed by atoms with Crippen molar-refractivity contribution in [3.63, 3.8) is 0 Å². The Kier molecular flexibility index (Phi) is 16.8. The van der Waals surface area contributed by atoms with Crippen molar-refractivity contribution in [2.24, 2.45) is 0 Å². The standard InChI is InChI=1S/C32H30O10S2.C12H10S2/c1-11(33)21-23(13(3)35)27(17(7)39)31(28(18(8)40)24(21)14(4)36)43-44-32-29(19(9)41)25(15(5)37)22(12(2)34)26(16(6)38)30(32)20(10)42;1-3-7-11(8-4-1)13-14-12-9-5-2-6-10-12/h1-10H3;1-10H. The smallest absolute Gasteiger partial charge is 0.161 e. The van der Waals surface area contributed by atoms with Crippen molar-refractivity contribution in [1.82, 2.24) is 0 Å². The average Bonchev–Trinajstić information content (AvgIpc) is 3.14. The normalized spacial score (nSPS) is 10.5. The van der Waals surface area contributed by atoms with Gasteiger partial charge in [-0.25, -0.2) is 0 Å². The second-order valence-corrected chi connectivity index (χ2v) is 17.4. The summed E-state index contributed by atoms with van der Waals surface area (Å²) in [5.41, 5.74) is -3.58. The van der Waals surface area contributed by atoms with Gasteiger partial charge in [-0.1, -0.05) is 79.6 Å². The maximum atomic E-state index is 13.1. The predicted molar refractivity (Wildman–Crippen MR) is 229 cm³/mol. The number of carbonyl (C=O) groups excluding carboxylic acids is 10. The first-order valence-corrected chi connectivity index (χ1v) is 21.8. The molecule has 0 heterocycles. The highest BCUT2D eigenvalue weighted by Gasteiger charge is 2.36. The zero-order valence-electron chi connectivity index (χ0n) is 33.5. The van der Waals surface area contributed by atoms with E-state index >= 15 is 0 Å². The lowest BCUT2D eigenvalue weighted by Gasteiger charge is -2.23. The fourth-order valence-electron chi connectivity index (χ4n) is 6.21. The molecule has 0 radical (unpaired) electrons. The largest absolute Gasteiger partial charge is 0.294 e. The molecule has 4 rings (SSSR count). The molecular formula is C44H40O10S4. The Hall–Kier alpha value is -5.02. The Morgan fingerprint density at radius 2 is 0.431 bits per heavy atom. The van der Waals surface area contributed by atoms with E-state index in [0.717, 1.165) is 69.2 Å². The van der Waals surface area contributed by atoms with E-state index in [0.29, 0.717) is 21.6 Å². The van der Waals surface area contributed by atoms with Crippen molar-refractivity contribution in [3.05, 3.63) is 116 Å². The van der Waals surface area contributed by atoms with Crippen LogP contribution in [0.2, 0.25) is 0 Å². The van der Waals surface area contributed by atoms with E-state index in [1.54, 1.807) is 21.6 Å². The first-order chi connectivity index (χ1) is 27.1. The number of rotatable bonds is 16. The molecule has 0 aliphatic rings. The second-order valence-electron chi connectivity index (χ2n) is 12.9. The molecule has 0 atom stereocenters. The molecule has 0 unspecified atom stereocenters. The molecule has 0 aliphatic carbocycles. The Balaban J connectivity index is 0.000000533. The molecule has 4 aromatic rings. The Bertz CT molecular complexity index is 2140. The van der Waals surface area contributed by atoms with Crippen molar-refractivity contribution >= 4 is 101 Å². The van der Waals surface area contributed by atoms with Gasteiger partial charge in [-0.15, -0.1) is 0 Å². The summed E-state index contributed by atoms with van der Waals surface area (Å²) in [5, 5.41) is 0. The third-order valence-electron chi connectivity index (χ3n) is 8.36. The van der Waals surface area contributed by atoms with Crippen LogP contribution in [0.25, 0.3) is 0 Å². The van der Waals surface area contributed by atoms with Crippen molar-refractivity contribution < 1.29 is 47.9 Å². The van der Waals surface area contributed by atoms with Gasteiger partial charge in [0.2, 0.25) is 0 Å². The number of Topliss-reactive ketones (excluding diaryl/α,β-unsaturated/α-hetero) is 10. The highest BCUT2D eigenvalue weighted by Crippen LogP contribution is 2.49. The summed E-state index contributed by atoms with van der Waals surface area (Å²) < 4.78 is 0. The molecule has 0 saturated carbocycles. The SMILES string of the molecule is CC(=O)c1c(SSc2c(C(C)=O)c(C(C)=O)c(C(C)=O)c(C(C)=O)c2C(C)=O)c(C(C)=O)c(C(C)=O)c(C(C)=O)c1C(C)=O.c1ccc(SSc2ccccc2)cc1. The van der Waals surface area contributed by atoms with Gasteiger partial charge in [0.15, 0.2) is 57.8 Å². The fourth-order valence-corrected chi connectivity index (χ4v) is 11.2. The molecular weight excluding hydrogens is 817 g/mol. The van der Waals surface area contributed by atoms with Gasteiger partial charge in [0.05, 0.1) is 0 Å². The molecule has 0 N–H and O–H groups in total. The van der Waals surface area contributed by atoms with Crippen LogP contribution in [0.15, 0.2) is 80.2 Å². The van der Waals surface area contributed by atoms with E-state index in [2.05, 4.69) is 48.5 Å². The number of benzene rings is 4. The zero-order chi connectivity index (χ0) is 43.8. The summed E-state index contributed by atoms with van der Waals surface area (Å²) in [6.45, 7) is 10.9. The molecule has 0 amide bonds. The van der Waals surface area contributed by atoms with E-state index in [-0.39, 0.29) is 65.4 Å². The van der Waals surface area contributed by atoms with Crippen LogP contribution in [0.5, 0.6) is 0 Å². The van der Waals surface area contributed by atoms with E-state index in [4.69, 9.17) is 0 Å². The first-order valence-electron chi connectivity index (χ1n) is 17.5. The van der Waals surface area contributed by atoms with Gasteiger partial charge in [0, 0.05) is 75.2 Å². The van der Waals surface area contributed by atoms with E-state index in [9.17, 15) is 47.9 Å². The summed E-state index contributed by atoms with van der Waals surface area (Å²) in [4.78, 5) is 132. The lowest BCUT2D eigenvalue weighted by Crippen LogP contribution is -2.22. The van der Waals surface area contributed by atoms with E-state index in [1.807, 2.05) is 12.1 Å². The minimum absolute atomic E-state index is 0.191. The Morgan fingerprint density at radius 1 is 0.259 bits per heavy atom. The fraction of sp³-hybridized carbons (Fsp3) is 0.227. The van der Waals surface area contributed by atoms with Gasteiger partial charge in [0.25, 0.3) is 0 Å². The summed E-state index contributed by atoms with van der Waals surface area (Å²) in [7, 11) is 4.85. The molecule has 0 bridgehead atoms. The molecule has 0 fully saturated rings. The number of hydrogen-bond acceptors (Lipinski definition) is 14. The van der Waals surface area contributed by atoms with Gasteiger partial charge in [-0.05, 0) is 93.5 Å². The van der Waals surface area contributed by atoms with Gasteiger partial charge < -0.3 is 0 Å². The number of hydrogen-bond donors (Lipinski definition) is 0. The Labute approximate surface area is 352 Å². The van der Waals surface area contributed by atoms with Crippen molar-refractivity contribution in [2.75, 3.05) is 0 Å². The number of carbonyl (C=O) groups is 10. The zero-order valence-corrected chi connectivity index (χ0v) is 36.8. The van der Waals surface area contributed by atoms with Crippen LogP contribution in [-0.2, 0) is 0 Å². The van der Waals surface area contributed by atoms with Crippen LogP contribution >= 0.6 is 43.2 Å². The molecule has 0 spiro atoms. The van der Waals surface area contributed by atoms with Crippen LogP contribution in [0.4, 0.5) is 0 Å². The minimum atomic E-state index is -0.734. The highest BCUT2D eigenvalue weighted by molar-refractivity contribution is 8.77. The van der Waals surface area contributed by atoms with E-state index in [1.165, 1.54) is 9.79 Å². The monoisotopic (exact) mass is 856 g/mol. The van der Waals surface area contributed by atoms with Gasteiger partial charge in [0.1, 0.15) is 0 Å². The number of ketones is 10. The van der Waals surface area contributed by atoms with Crippen LogP contribution < -0.4 is 0 Å². The summed E-state index contributed by atoms with van der Waals surface area (Å²) in [6, 6.07) is 20.8. The predicted octanol–water partition coefficient (Wildman–Crippen LogP) is 11.0. The maximum absolute atomic E-state index is 13.1. The van der Waals surface area contributed by atoms with Gasteiger partial charge in [-0.3, -0.25) is 47.9 Å². The van der Waals surface area contributed by atoms with Crippen molar-refractivity contribution in [2.45, 2.75) is 88.8 Å². The van der Waals surface area contributed by atoms with Gasteiger partial charge in [-0.2, -0.15) is 0 Å². The summed E-state index contributed by atoms with van der Waals surface area (Å²) in [6.07, 6.45) is 0. The van der Waals surface area contributed by atoms with Crippen LogP contribution in [-0.4, -0.2) is 57.8 Å². The molecule has 14 heteroatoms. The molecule has 0 saturated heterocycles. The third kappa shape index (κ3) is 10.7. The van der Waals surface area contributed by atoms with Crippen LogP contribution in [0.3, 0.4) is 0 Å². The molecule has 58 heavy (non-hydrogen) atoms. The minimum Gasteiger partial charge on any atom is -0.294 e. The molecule has 10 nitrogen and oxygen atoms in total. The average molecular weight is 857 g/mol.